The molecule has 0 radical (unpaired) electrons. The quantitative estimate of drug-likeness (QED) is 0.550. The molecule has 0 atom stereocenters. The van der Waals surface area contributed by atoms with E-state index in [-0.39, 0.29) is 11.7 Å². The van der Waals surface area contributed by atoms with Crippen molar-refractivity contribution in [1.29, 1.82) is 0 Å². The van der Waals surface area contributed by atoms with Crippen LogP contribution in [0.2, 0.25) is 0 Å². The predicted octanol–water partition coefficient (Wildman–Crippen LogP) is 3.97. The van der Waals surface area contributed by atoms with E-state index in [1.165, 1.54) is 0 Å². The number of pyridine rings is 1. The van der Waals surface area contributed by atoms with E-state index in [9.17, 15) is 9.59 Å². The molecule has 0 aliphatic heterocycles. The first-order valence-electron chi connectivity index (χ1n) is 8.42. The first kappa shape index (κ1) is 17.3. The van der Waals surface area contributed by atoms with Crippen LogP contribution in [0.5, 0.6) is 11.5 Å². The summed E-state index contributed by atoms with van der Waals surface area (Å²) in [6, 6.07) is 16.8. The van der Waals surface area contributed by atoms with Crippen LogP contribution in [0, 0.1) is 0 Å². The molecule has 4 aromatic rings. The maximum atomic E-state index is 12.4. The van der Waals surface area contributed by atoms with Crippen LogP contribution in [0.15, 0.2) is 77.5 Å². The van der Waals surface area contributed by atoms with E-state index < -0.39 is 5.91 Å². The van der Waals surface area contributed by atoms with Crippen molar-refractivity contribution in [3.8, 4) is 11.5 Å². The van der Waals surface area contributed by atoms with Gasteiger partial charge in [0.15, 0.2) is 5.76 Å². The zero-order chi connectivity index (χ0) is 19.5. The van der Waals surface area contributed by atoms with Gasteiger partial charge in [0.25, 0.3) is 11.8 Å². The van der Waals surface area contributed by atoms with E-state index in [1.807, 2.05) is 0 Å². The molecule has 0 unspecified atom stereocenters. The average Bonchev–Trinajstić information content (AvgIpc) is 3.14. The number of anilines is 1. The number of primary amides is 1. The van der Waals surface area contributed by atoms with E-state index in [0.717, 1.165) is 5.39 Å². The van der Waals surface area contributed by atoms with Gasteiger partial charge in [-0.3, -0.25) is 14.6 Å². The minimum atomic E-state index is -0.569. The fraction of sp³-hybridized carbons (Fsp3) is 0. The number of fused-ring (bicyclic) bond motifs is 1. The van der Waals surface area contributed by atoms with Crippen molar-refractivity contribution >= 4 is 28.5 Å². The lowest BCUT2D eigenvalue weighted by atomic mass is 10.2. The standard InChI is InChI=1S/C21H15N3O4/c22-20(25)16-3-1-2-4-18(16)27-15-7-5-14(6-8-15)24-21(26)19-11-13-12-23-10-9-17(13)28-19/h1-12H,(H2,22,25)(H,24,26). The summed E-state index contributed by atoms with van der Waals surface area (Å²) >= 11 is 0. The van der Waals surface area contributed by atoms with Crippen molar-refractivity contribution in [1.82, 2.24) is 4.98 Å². The maximum absolute atomic E-state index is 12.4. The molecule has 0 saturated heterocycles. The fourth-order valence-corrected chi connectivity index (χ4v) is 2.68. The predicted molar refractivity (Wildman–Crippen MR) is 103 cm³/mol. The Morgan fingerprint density at radius 1 is 1.04 bits per heavy atom. The topological polar surface area (TPSA) is 107 Å². The molecule has 2 aromatic carbocycles. The first-order valence-corrected chi connectivity index (χ1v) is 8.42. The lowest BCUT2D eigenvalue weighted by molar-refractivity contribution is 0.0990. The Bertz CT molecular complexity index is 1130. The minimum Gasteiger partial charge on any atom is -0.457 e. The Hall–Kier alpha value is -4.13. The van der Waals surface area contributed by atoms with Gasteiger partial charge in [0.05, 0.1) is 5.56 Å². The van der Waals surface area contributed by atoms with E-state index >= 15 is 0 Å². The van der Waals surface area contributed by atoms with Crippen LogP contribution in [0.1, 0.15) is 20.9 Å². The smallest absolute Gasteiger partial charge is 0.291 e. The second-order valence-corrected chi connectivity index (χ2v) is 5.97. The monoisotopic (exact) mass is 373 g/mol. The number of carbonyl (C=O) groups is 2. The fourth-order valence-electron chi connectivity index (χ4n) is 2.68. The van der Waals surface area contributed by atoms with Gasteiger partial charge in [-0.25, -0.2) is 0 Å². The number of nitrogens with two attached hydrogens (primary N) is 1. The van der Waals surface area contributed by atoms with Crippen LogP contribution >= 0.6 is 0 Å². The molecule has 0 bridgehead atoms. The number of para-hydroxylation sites is 1. The molecular weight excluding hydrogens is 358 g/mol. The van der Waals surface area contributed by atoms with E-state index in [0.29, 0.717) is 28.3 Å². The highest BCUT2D eigenvalue weighted by molar-refractivity contribution is 6.04. The molecule has 0 spiro atoms. The normalized spacial score (nSPS) is 10.6. The molecule has 0 fully saturated rings. The number of hydrogen-bond donors (Lipinski definition) is 2. The molecule has 2 heterocycles. The molecular formula is C21H15N3O4. The van der Waals surface area contributed by atoms with E-state index in [4.69, 9.17) is 14.9 Å². The number of aromatic nitrogens is 1. The SMILES string of the molecule is NC(=O)c1ccccc1Oc1ccc(NC(=O)c2cc3cnccc3o2)cc1. The number of furan rings is 1. The highest BCUT2D eigenvalue weighted by atomic mass is 16.5. The molecule has 3 N–H and O–H groups in total. The number of ether oxygens (including phenoxy) is 1. The van der Waals surface area contributed by atoms with Crippen molar-refractivity contribution in [3.63, 3.8) is 0 Å². The summed E-state index contributed by atoms with van der Waals surface area (Å²) in [7, 11) is 0. The number of nitrogens with one attached hydrogen (secondary N) is 1. The Kier molecular flexibility index (Phi) is 4.47. The van der Waals surface area contributed by atoms with Crippen LogP contribution < -0.4 is 15.8 Å². The number of amides is 2. The molecule has 4 rings (SSSR count). The molecule has 0 aliphatic rings. The van der Waals surface area contributed by atoms with Gasteiger partial charge in [-0.1, -0.05) is 12.1 Å². The van der Waals surface area contributed by atoms with Gasteiger partial charge in [-0.05, 0) is 48.5 Å². The van der Waals surface area contributed by atoms with Crippen molar-refractivity contribution in [2.24, 2.45) is 5.73 Å². The summed E-state index contributed by atoms with van der Waals surface area (Å²) in [5, 5.41) is 3.51. The molecule has 0 saturated carbocycles. The summed E-state index contributed by atoms with van der Waals surface area (Å²) in [6.07, 6.45) is 3.23. The molecule has 7 nitrogen and oxygen atoms in total. The number of carbonyl (C=O) groups excluding carboxylic acids is 2. The van der Waals surface area contributed by atoms with Crippen LogP contribution in [0.4, 0.5) is 5.69 Å². The summed E-state index contributed by atoms with van der Waals surface area (Å²) in [5.41, 5.74) is 6.81. The van der Waals surface area contributed by atoms with Gasteiger partial charge in [-0.2, -0.15) is 0 Å². The molecule has 138 valence electrons. The third kappa shape index (κ3) is 3.54. The van der Waals surface area contributed by atoms with Crippen molar-refractivity contribution in [3.05, 3.63) is 84.4 Å². The van der Waals surface area contributed by atoms with Gasteiger partial charge < -0.3 is 20.2 Å². The third-order valence-corrected chi connectivity index (χ3v) is 4.03. The van der Waals surface area contributed by atoms with Crippen LogP contribution in [-0.2, 0) is 0 Å². The maximum Gasteiger partial charge on any atom is 0.291 e. The number of rotatable bonds is 5. The first-order chi connectivity index (χ1) is 13.6. The lowest BCUT2D eigenvalue weighted by Gasteiger charge is -2.10. The summed E-state index contributed by atoms with van der Waals surface area (Å²) in [4.78, 5) is 27.8. The van der Waals surface area contributed by atoms with Crippen LogP contribution in [0.25, 0.3) is 11.0 Å². The lowest BCUT2D eigenvalue weighted by Crippen LogP contribution is -2.12. The second-order valence-electron chi connectivity index (χ2n) is 5.97. The zero-order valence-electron chi connectivity index (χ0n) is 14.6. The molecule has 28 heavy (non-hydrogen) atoms. The number of benzene rings is 2. The summed E-state index contributed by atoms with van der Waals surface area (Å²) in [5.74, 6) is 0.118. The van der Waals surface area contributed by atoms with Gasteiger partial charge in [0, 0.05) is 23.5 Å². The number of nitrogens with zero attached hydrogens (tertiary/aromatic N) is 1. The Morgan fingerprint density at radius 2 is 1.82 bits per heavy atom. The Balaban J connectivity index is 1.47. The molecule has 2 aromatic heterocycles. The van der Waals surface area contributed by atoms with Crippen molar-refractivity contribution in [2.75, 3.05) is 5.32 Å². The van der Waals surface area contributed by atoms with Crippen molar-refractivity contribution in [2.45, 2.75) is 0 Å². The Labute approximate surface area is 159 Å². The Morgan fingerprint density at radius 3 is 2.57 bits per heavy atom. The summed E-state index contributed by atoms with van der Waals surface area (Å²) < 4.78 is 11.2. The zero-order valence-corrected chi connectivity index (χ0v) is 14.6. The highest BCUT2D eigenvalue weighted by Crippen LogP contribution is 2.26. The van der Waals surface area contributed by atoms with E-state index in [1.54, 1.807) is 73.1 Å². The van der Waals surface area contributed by atoms with E-state index in [2.05, 4.69) is 10.3 Å². The van der Waals surface area contributed by atoms with Gasteiger partial charge in [-0.15, -0.1) is 0 Å². The highest BCUT2D eigenvalue weighted by Gasteiger charge is 2.13. The van der Waals surface area contributed by atoms with Crippen LogP contribution in [0.3, 0.4) is 0 Å². The number of hydrogen-bond acceptors (Lipinski definition) is 5. The molecule has 7 heteroatoms. The van der Waals surface area contributed by atoms with Gasteiger partial charge in [0.1, 0.15) is 17.1 Å². The second kappa shape index (κ2) is 7.24. The van der Waals surface area contributed by atoms with Crippen LogP contribution in [-0.4, -0.2) is 16.8 Å². The largest absolute Gasteiger partial charge is 0.457 e. The minimum absolute atomic E-state index is 0.193. The average molecular weight is 373 g/mol. The van der Waals surface area contributed by atoms with Gasteiger partial charge >= 0.3 is 0 Å². The molecule has 0 aliphatic carbocycles. The van der Waals surface area contributed by atoms with Crippen molar-refractivity contribution < 1.29 is 18.7 Å². The summed E-state index contributed by atoms with van der Waals surface area (Å²) in [6.45, 7) is 0. The van der Waals surface area contributed by atoms with Gasteiger partial charge in [0.2, 0.25) is 0 Å². The third-order valence-electron chi connectivity index (χ3n) is 4.03. The molecule has 2 amide bonds.